The number of halogens is 5. The number of benzene rings is 2. The average Bonchev–Trinajstić information content (AvgIpc) is 3.66. The second-order valence-electron chi connectivity index (χ2n) is 9.69. The van der Waals surface area contributed by atoms with Gasteiger partial charge in [-0.15, -0.1) is 10.6 Å². The number of hydrogen-bond acceptors (Lipinski definition) is 9. The third-order valence-electron chi connectivity index (χ3n) is 6.50. The van der Waals surface area contributed by atoms with Crippen molar-refractivity contribution in [3.05, 3.63) is 92.8 Å². The number of hydrazine groups is 2. The van der Waals surface area contributed by atoms with Crippen molar-refractivity contribution in [3.63, 3.8) is 0 Å². The standard InChI is InChI=1S/C28H24Cl2F3N7O3/c1-14(2)24-17(23(37-43-24)22-18(29)5-4-6-19(22)30)13-42-21-12-11-20(25(34-21)28(31,32)33)40(3)27(41)16-9-7-15(8-10-16)26-35-38-39-36-26/h4-12,14,38-39H,13H2,1-3H3,(H,35,36). The van der Waals surface area contributed by atoms with Crippen LogP contribution in [0.15, 0.2) is 64.2 Å². The lowest BCUT2D eigenvalue weighted by molar-refractivity contribution is -0.140. The van der Waals surface area contributed by atoms with E-state index in [1.165, 1.54) is 25.2 Å². The number of aromatic nitrogens is 2. The molecule has 0 atom stereocenters. The molecular formula is C28H24Cl2F3N7O3. The molecule has 2 aromatic heterocycles. The molecule has 0 spiro atoms. The summed E-state index contributed by atoms with van der Waals surface area (Å²) >= 11 is 12.8. The largest absolute Gasteiger partial charge is 0.473 e. The molecule has 4 aromatic rings. The summed E-state index contributed by atoms with van der Waals surface area (Å²) in [6.07, 6.45) is -4.89. The summed E-state index contributed by atoms with van der Waals surface area (Å²) in [4.78, 5) is 17.8. The lowest BCUT2D eigenvalue weighted by Gasteiger charge is -2.22. The maximum absolute atomic E-state index is 14.2. The Labute approximate surface area is 253 Å². The van der Waals surface area contributed by atoms with Crippen molar-refractivity contribution in [3.8, 4) is 17.1 Å². The minimum Gasteiger partial charge on any atom is -0.473 e. The van der Waals surface area contributed by atoms with E-state index in [1.54, 1.807) is 30.3 Å². The monoisotopic (exact) mass is 633 g/mol. The van der Waals surface area contributed by atoms with Crippen molar-refractivity contribution < 1.29 is 27.2 Å². The third kappa shape index (κ3) is 6.24. The summed E-state index contributed by atoms with van der Waals surface area (Å²) in [5, 5.41) is 8.73. The van der Waals surface area contributed by atoms with Gasteiger partial charge in [0.1, 0.15) is 18.1 Å². The van der Waals surface area contributed by atoms with E-state index in [4.69, 9.17) is 32.5 Å². The summed E-state index contributed by atoms with van der Waals surface area (Å²) in [7, 11) is 1.24. The van der Waals surface area contributed by atoms with Crippen LogP contribution in [0.1, 0.15) is 52.7 Å². The Morgan fingerprint density at radius 1 is 1.07 bits per heavy atom. The number of carbonyl (C=O) groups excluding carboxylic acids is 1. The number of alkyl halides is 3. The number of hydrogen-bond donors (Lipinski definition) is 3. The molecule has 43 heavy (non-hydrogen) atoms. The van der Waals surface area contributed by atoms with E-state index in [0.29, 0.717) is 44.0 Å². The molecule has 1 aliphatic rings. The molecule has 2 aromatic carbocycles. The highest BCUT2D eigenvalue weighted by Crippen LogP contribution is 2.40. The number of carbonyl (C=O) groups is 1. The van der Waals surface area contributed by atoms with Crippen molar-refractivity contribution >= 4 is 40.6 Å². The van der Waals surface area contributed by atoms with Crippen LogP contribution in [0, 0.1) is 0 Å². The molecule has 0 saturated heterocycles. The number of rotatable bonds is 8. The van der Waals surface area contributed by atoms with Gasteiger partial charge in [0.25, 0.3) is 5.91 Å². The van der Waals surface area contributed by atoms with Crippen molar-refractivity contribution in [2.45, 2.75) is 32.5 Å². The van der Waals surface area contributed by atoms with Crippen LogP contribution in [0.2, 0.25) is 10.0 Å². The summed E-state index contributed by atoms with van der Waals surface area (Å²) in [5.41, 5.74) is 8.16. The highest BCUT2D eigenvalue weighted by atomic mass is 35.5. The van der Waals surface area contributed by atoms with Gasteiger partial charge in [0, 0.05) is 35.7 Å². The molecule has 0 bridgehead atoms. The van der Waals surface area contributed by atoms with E-state index < -0.39 is 23.5 Å². The molecule has 0 fully saturated rings. The number of hydrazone groups is 1. The SMILES string of the molecule is CC(C)c1onc(-c2c(Cl)cccc2Cl)c1COc1ccc(N(C)C(=O)c2ccc(C3=NNNN3)cc2)c(C(F)(F)F)n1. The van der Waals surface area contributed by atoms with Crippen LogP contribution in [0.25, 0.3) is 11.3 Å². The fourth-order valence-electron chi connectivity index (χ4n) is 4.38. The molecule has 0 unspecified atom stereocenters. The molecule has 3 N–H and O–H groups in total. The molecule has 1 aliphatic heterocycles. The summed E-state index contributed by atoms with van der Waals surface area (Å²) in [5.74, 6) is -0.178. The van der Waals surface area contributed by atoms with Crippen LogP contribution < -0.4 is 26.1 Å². The van der Waals surface area contributed by atoms with Crippen LogP contribution in [0.3, 0.4) is 0 Å². The van der Waals surface area contributed by atoms with E-state index in [-0.39, 0.29) is 24.0 Å². The lowest BCUT2D eigenvalue weighted by atomic mass is 10.0. The maximum Gasteiger partial charge on any atom is 0.435 e. The summed E-state index contributed by atoms with van der Waals surface area (Å²) in [6, 6.07) is 13.5. The minimum atomic E-state index is -4.89. The first-order chi connectivity index (χ1) is 20.5. The maximum atomic E-state index is 14.2. The average molecular weight is 634 g/mol. The molecule has 3 heterocycles. The molecule has 224 valence electrons. The zero-order valence-electron chi connectivity index (χ0n) is 22.9. The van der Waals surface area contributed by atoms with Gasteiger partial charge in [-0.25, -0.2) is 10.5 Å². The molecule has 15 heteroatoms. The first-order valence-electron chi connectivity index (χ1n) is 12.8. The van der Waals surface area contributed by atoms with E-state index >= 15 is 0 Å². The number of pyridine rings is 1. The van der Waals surface area contributed by atoms with Gasteiger partial charge in [-0.3, -0.25) is 10.2 Å². The predicted molar refractivity (Wildman–Crippen MR) is 155 cm³/mol. The second kappa shape index (κ2) is 12.1. The van der Waals surface area contributed by atoms with Crippen LogP contribution in [0.5, 0.6) is 5.88 Å². The van der Waals surface area contributed by atoms with Crippen LogP contribution in [-0.4, -0.2) is 28.9 Å². The van der Waals surface area contributed by atoms with Gasteiger partial charge in [0.15, 0.2) is 11.5 Å². The zero-order valence-corrected chi connectivity index (χ0v) is 24.4. The molecule has 0 saturated carbocycles. The molecule has 1 amide bonds. The summed E-state index contributed by atoms with van der Waals surface area (Å²) < 4.78 is 53.9. The van der Waals surface area contributed by atoms with Gasteiger partial charge in [0.05, 0.1) is 21.3 Å². The molecule has 5 rings (SSSR count). The molecule has 0 radical (unpaired) electrons. The number of amidine groups is 1. The fraction of sp³-hybridized carbons (Fsp3) is 0.214. The topological polar surface area (TPSA) is 117 Å². The Hall–Kier alpha value is -4.33. The fourth-order valence-corrected chi connectivity index (χ4v) is 4.96. The highest BCUT2D eigenvalue weighted by Gasteiger charge is 2.38. The number of anilines is 1. The van der Waals surface area contributed by atoms with E-state index in [0.717, 1.165) is 11.0 Å². The van der Waals surface area contributed by atoms with Gasteiger partial charge < -0.3 is 14.2 Å². The van der Waals surface area contributed by atoms with Gasteiger partial charge in [-0.2, -0.15) is 13.2 Å². The molecule has 10 nitrogen and oxygen atoms in total. The highest BCUT2D eigenvalue weighted by molar-refractivity contribution is 6.39. The Morgan fingerprint density at radius 2 is 1.77 bits per heavy atom. The van der Waals surface area contributed by atoms with Crippen molar-refractivity contribution in [1.29, 1.82) is 0 Å². The molecule has 0 aliphatic carbocycles. The van der Waals surface area contributed by atoms with Gasteiger partial charge in [-0.05, 0) is 30.3 Å². The van der Waals surface area contributed by atoms with Crippen molar-refractivity contribution in [2.24, 2.45) is 5.10 Å². The van der Waals surface area contributed by atoms with Crippen LogP contribution in [0.4, 0.5) is 18.9 Å². The Balaban J connectivity index is 1.42. The lowest BCUT2D eigenvalue weighted by Crippen LogP contribution is -2.35. The third-order valence-corrected chi connectivity index (χ3v) is 7.13. The van der Waals surface area contributed by atoms with Crippen LogP contribution >= 0.6 is 23.2 Å². The molecular weight excluding hydrogens is 610 g/mol. The smallest absolute Gasteiger partial charge is 0.435 e. The predicted octanol–water partition coefficient (Wildman–Crippen LogP) is 6.32. The normalized spacial score (nSPS) is 13.0. The summed E-state index contributed by atoms with van der Waals surface area (Å²) in [6.45, 7) is 3.50. The number of nitrogens with zero attached hydrogens (tertiary/aromatic N) is 4. The van der Waals surface area contributed by atoms with Crippen molar-refractivity contribution in [1.82, 2.24) is 26.6 Å². The number of amides is 1. The second-order valence-corrected chi connectivity index (χ2v) is 10.5. The van der Waals surface area contributed by atoms with Gasteiger partial charge in [0.2, 0.25) is 5.88 Å². The Kier molecular flexibility index (Phi) is 8.49. The van der Waals surface area contributed by atoms with E-state index in [9.17, 15) is 18.0 Å². The van der Waals surface area contributed by atoms with Crippen LogP contribution in [-0.2, 0) is 12.8 Å². The van der Waals surface area contributed by atoms with E-state index in [1.807, 2.05) is 13.8 Å². The number of ether oxygens (including phenoxy) is 1. The minimum absolute atomic E-state index is 0.133. The zero-order chi connectivity index (χ0) is 30.9. The quantitative estimate of drug-likeness (QED) is 0.206. The first-order valence-corrected chi connectivity index (χ1v) is 13.6. The Bertz CT molecular complexity index is 1670. The first kappa shape index (κ1) is 30.1. The van der Waals surface area contributed by atoms with Gasteiger partial charge >= 0.3 is 6.18 Å². The van der Waals surface area contributed by atoms with Gasteiger partial charge in [-0.1, -0.05) is 60.4 Å². The number of nitrogens with one attached hydrogen (secondary N) is 3. The van der Waals surface area contributed by atoms with E-state index in [2.05, 4.69) is 31.7 Å². The Morgan fingerprint density at radius 3 is 2.37 bits per heavy atom. The van der Waals surface area contributed by atoms with Crippen molar-refractivity contribution in [2.75, 3.05) is 11.9 Å².